The van der Waals surface area contributed by atoms with Crippen molar-refractivity contribution in [1.29, 1.82) is 0 Å². The van der Waals surface area contributed by atoms with Gasteiger partial charge in [-0.25, -0.2) is 4.79 Å². The normalized spacial score (nSPS) is 17.9. The van der Waals surface area contributed by atoms with Gasteiger partial charge in [-0.1, -0.05) is 19.3 Å². The number of aryl methyl sites for hydroxylation is 1. The molecule has 0 aromatic carbocycles. The van der Waals surface area contributed by atoms with Gasteiger partial charge in [0.1, 0.15) is 0 Å². The van der Waals surface area contributed by atoms with Crippen LogP contribution in [-0.2, 0) is 10.3 Å². The van der Waals surface area contributed by atoms with E-state index in [9.17, 15) is 9.90 Å². The molecule has 18 heavy (non-hydrogen) atoms. The quantitative estimate of drug-likeness (QED) is 0.897. The molecule has 0 bridgehead atoms. The second-order valence-electron chi connectivity index (χ2n) is 5.84. The average Bonchev–Trinajstić information content (AvgIpc) is 2.73. The van der Waals surface area contributed by atoms with Gasteiger partial charge in [-0.3, -0.25) is 4.68 Å². The van der Waals surface area contributed by atoms with Gasteiger partial charge in [0.05, 0.1) is 5.69 Å². The molecule has 2 rings (SSSR count). The first-order valence-electron chi connectivity index (χ1n) is 6.73. The number of carbonyl (C=O) groups is 1. The van der Waals surface area contributed by atoms with Crippen molar-refractivity contribution in [3.05, 3.63) is 17.5 Å². The van der Waals surface area contributed by atoms with E-state index in [1.165, 1.54) is 32.1 Å². The van der Waals surface area contributed by atoms with Crippen molar-refractivity contribution in [3.63, 3.8) is 0 Å². The summed E-state index contributed by atoms with van der Waals surface area (Å²) in [4.78, 5) is 11.3. The lowest BCUT2D eigenvalue weighted by Crippen LogP contribution is -2.36. The monoisotopic (exact) mass is 250 g/mol. The highest BCUT2D eigenvalue weighted by Gasteiger charge is 2.32. The van der Waals surface area contributed by atoms with Crippen LogP contribution in [0.3, 0.4) is 0 Å². The van der Waals surface area contributed by atoms with Crippen molar-refractivity contribution in [2.45, 2.75) is 64.3 Å². The SMILES string of the molecule is Cc1cn(C(C)(C)C(=O)O)nc1C1CCCCC1. The van der Waals surface area contributed by atoms with Crippen molar-refractivity contribution in [1.82, 2.24) is 9.78 Å². The summed E-state index contributed by atoms with van der Waals surface area (Å²) in [6.45, 7) is 5.41. The van der Waals surface area contributed by atoms with Crippen LogP contribution < -0.4 is 0 Å². The largest absolute Gasteiger partial charge is 0.479 e. The molecule has 1 fully saturated rings. The van der Waals surface area contributed by atoms with E-state index in [1.807, 2.05) is 13.1 Å². The Kier molecular flexibility index (Phi) is 3.46. The summed E-state index contributed by atoms with van der Waals surface area (Å²) in [5, 5.41) is 13.8. The molecule has 0 radical (unpaired) electrons. The smallest absolute Gasteiger partial charge is 0.331 e. The summed E-state index contributed by atoms with van der Waals surface area (Å²) in [5.74, 6) is -0.329. The molecule has 1 N–H and O–H groups in total. The number of carboxylic acids is 1. The summed E-state index contributed by atoms with van der Waals surface area (Å²) in [7, 11) is 0. The lowest BCUT2D eigenvalue weighted by atomic mass is 9.86. The van der Waals surface area contributed by atoms with E-state index in [0.717, 1.165) is 11.3 Å². The van der Waals surface area contributed by atoms with Gasteiger partial charge in [-0.2, -0.15) is 5.10 Å². The molecule has 0 unspecified atom stereocenters. The van der Waals surface area contributed by atoms with E-state index in [0.29, 0.717) is 5.92 Å². The highest BCUT2D eigenvalue weighted by atomic mass is 16.4. The van der Waals surface area contributed by atoms with Crippen LogP contribution in [0.4, 0.5) is 0 Å². The molecule has 0 saturated heterocycles. The molecule has 0 atom stereocenters. The average molecular weight is 250 g/mol. The van der Waals surface area contributed by atoms with Crippen LogP contribution in [0.25, 0.3) is 0 Å². The van der Waals surface area contributed by atoms with Gasteiger partial charge in [0.2, 0.25) is 0 Å². The minimum atomic E-state index is -0.975. The molecule has 4 nitrogen and oxygen atoms in total. The van der Waals surface area contributed by atoms with Crippen molar-refractivity contribution >= 4 is 5.97 Å². The van der Waals surface area contributed by atoms with E-state index in [-0.39, 0.29) is 0 Å². The van der Waals surface area contributed by atoms with Crippen LogP contribution in [0, 0.1) is 6.92 Å². The molecule has 1 aliphatic rings. The molecule has 1 aromatic heterocycles. The second kappa shape index (κ2) is 4.75. The number of carboxylic acid groups (broad SMARTS) is 1. The van der Waals surface area contributed by atoms with Crippen LogP contribution >= 0.6 is 0 Å². The Morgan fingerprint density at radius 3 is 2.56 bits per heavy atom. The summed E-state index contributed by atoms with van der Waals surface area (Å²) >= 11 is 0. The van der Waals surface area contributed by atoms with Crippen molar-refractivity contribution < 1.29 is 9.90 Å². The van der Waals surface area contributed by atoms with Crippen LogP contribution in [0.5, 0.6) is 0 Å². The summed E-state index contributed by atoms with van der Waals surface area (Å²) < 4.78 is 1.61. The Labute approximate surface area is 108 Å². The van der Waals surface area contributed by atoms with Gasteiger partial charge in [0.25, 0.3) is 0 Å². The van der Waals surface area contributed by atoms with Crippen LogP contribution in [0.2, 0.25) is 0 Å². The number of aromatic nitrogens is 2. The molecule has 1 aromatic rings. The number of nitrogens with zero attached hydrogens (tertiary/aromatic N) is 2. The fourth-order valence-electron chi connectivity index (χ4n) is 2.64. The minimum Gasteiger partial charge on any atom is -0.479 e. The Morgan fingerprint density at radius 2 is 2.00 bits per heavy atom. The van der Waals surface area contributed by atoms with E-state index in [1.54, 1.807) is 18.5 Å². The number of rotatable bonds is 3. The zero-order valence-electron chi connectivity index (χ0n) is 11.4. The third kappa shape index (κ3) is 2.28. The van der Waals surface area contributed by atoms with Gasteiger partial charge in [0, 0.05) is 12.1 Å². The second-order valence-corrected chi connectivity index (χ2v) is 5.84. The maximum absolute atomic E-state index is 11.3. The summed E-state index contributed by atoms with van der Waals surface area (Å²) in [6.07, 6.45) is 8.09. The molecule has 100 valence electrons. The van der Waals surface area contributed by atoms with Gasteiger partial charge in [-0.15, -0.1) is 0 Å². The first kappa shape index (κ1) is 13.1. The van der Waals surface area contributed by atoms with Crippen molar-refractivity contribution in [2.75, 3.05) is 0 Å². The Bertz CT molecular complexity index is 443. The van der Waals surface area contributed by atoms with Crippen molar-refractivity contribution in [3.8, 4) is 0 Å². The first-order valence-corrected chi connectivity index (χ1v) is 6.73. The molecule has 1 heterocycles. The maximum Gasteiger partial charge on any atom is 0.331 e. The third-order valence-electron chi connectivity index (χ3n) is 4.02. The molecule has 0 spiro atoms. The van der Waals surface area contributed by atoms with Gasteiger partial charge >= 0.3 is 5.97 Å². The van der Waals surface area contributed by atoms with Gasteiger partial charge < -0.3 is 5.11 Å². The van der Waals surface area contributed by atoms with E-state index < -0.39 is 11.5 Å². The lowest BCUT2D eigenvalue weighted by molar-refractivity contribution is -0.146. The van der Waals surface area contributed by atoms with Gasteiger partial charge in [-0.05, 0) is 39.2 Å². The minimum absolute atomic E-state index is 0.518. The van der Waals surface area contributed by atoms with E-state index >= 15 is 0 Å². The highest BCUT2D eigenvalue weighted by Crippen LogP contribution is 2.34. The van der Waals surface area contributed by atoms with Gasteiger partial charge in [0.15, 0.2) is 5.54 Å². The predicted octanol–water partition coefficient (Wildman–Crippen LogP) is 3.06. The summed E-state index contributed by atoms with van der Waals surface area (Å²) in [5.41, 5.74) is 1.25. The molecule has 1 saturated carbocycles. The molecule has 4 heteroatoms. The van der Waals surface area contributed by atoms with E-state index in [2.05, 4.69) is 5.10 Å². The fraction of sp³-hybridized carbons (Fsp3) is 0.714. The molecule has 1 aliphatic carbocycles. The molecular formula is C14H22N2O2. The maximum atomic E-state index is 11.3. The predicted molar refractivity (Wildman–Crippen MR) is 69.7 cm³/mol. The van der Waals surface area contributed by atoms with Crippen molar-refractivity contribution in [2.24, 2.45) is 0 Å². The first-order chi connectivity index (χ1) is 8.43. The molecule has 0 amide bonds. The number of aliphatic carboxylic acids is 1. The Morgan fingerprint density at radius 1 is 1.39 bits per heavy atom. The van der Waals surface area contributed by atoms with Crippen LogP contribution in [-0.4, -0.2) is 20.9 Å². The topological polar surface area (TPSA) is 55.1 Å². The van der Waals surface area contributed by atoms with Crippen LogP contribution in [0.1, 0.15) is 63.1 Å². The van der Waals surface area contributed by atoms with Crippen LogP contribution in [0.15, 0.2) is 6.20 Å². The standard InChI is InChI=1S/C14H22N2O2/c1-10-9-16(14(2,3)13(17)18)15-12(10)11-7-5-4-6-8-11/h9,11H,4-8H2,1-3H3,(H,17,18). The Balaban J connectivity index is 2.29. The molecular weight excluding hydrogens is 228 g/mol. The van der Waals surface area contributed by atoms with E-state index in [4.69, 9.17) is 0 Å². The zero-order valence-corrected chi connectivity index (χ0v) is 11.4. The molecule has 0 aliphatic heterocycles. The zero-order chi connectivity index (χ0) is 13.3. The Hall–Kier alpha value is -1.32. The fourth-order valence-corrected chi connectivity index (χ4v) is 2.64. The number of hydrogen-bond acceptors (Lipinski definition) is 2. The number of hydrogen-bond donors (Lipinski definition) is 1. The highest BCUT2D eigenvalue weighted by molar-refractivity contribution is 5.75. The summed E-state index contributed by atoms with van der Waals surface area (Å²) in [6, 6.07) is 0. The lowest BCUT2D eigenvalue weighted by Gasteiger charge is -2.22. The third-order valence-corrected chi connectivity index (χ3v) is 4.02.